The molecule has 0 fully saturated rings. The van der Waals surface area contributed by atoms with Crippen molar-refractivity contribution in [1.82, 2.24) is 4.57 Å². The summed E-state index contributed by atoms with van der Waals surface area (Å²) in [6, 6.07) is 14.5. The molecule has 3 aromatic rings. The van der Waals surface area contributed by atoms with Gasteiger partial charge in [-0.15, -0.1) is 11.8 Å². The lowest BCUT2D eigenvalue weighted by Gasteiger charge is -2.04. The summed E-state index contributed by atoms with van der Waals surface area (Å²) in [6.07, 6.45) is 0.318. The number of carbonyl (C=O) groups excluding carboxylic acids is 1. The van der Waals surface area contributed by atoms with Gasteiger partial charge in [0.05, 0.1) is 21.7 Å². The molecule has 3 rings (SSSR count). The number of hydrogen-bond acceptors (Lipinski definition) is 6. The number of thioether (sulfide) groups is 1. The minimum absolute atomic E-state index is 0.0183. The first-order valence-electron chi connectivity index (χ1n) is 8.60. The fraction of sp³-hybridized carbons (Fsp3) is 0.263. The standard InChI is InChI=1S/C19H19N3O4S2/c1-26-11-10-21-16-8-7-14(22(24)25)13-17(16)28-19(21)20-18(23)9-12-27-15-5-3-2-4-6-15/h2-8,13H,9-12H2,1H3. The van der Waals surface area contributed by atoms with Crippen molar-refractivity contribution in [2.75, 3.05) is 19.5 Å². The molecule has 7 nitrogen and oxygen atoms in total. The van der Waals surface area contributed by atoms with E-state index in [-0.39, 0.29) is 11.6 Å². The Hall–Kier alpha value is -2.49. The average molecular weight is 418 g/mol. The molecule has 0 spiro atoms. The summed E-state index contributed by atoms with van der Waals surface area (Å²) in [4.78, 5) is 28.8. The van der Waals surface area contributed by atoms with Crippen molar-refractivity contribution in [1.29, 1.82) is 0 Å². The first-order chi connectivity index (χ1) is 13.6. The van der Waals surface area contributed by atoms with E-state index in [0.717, 1.165) is 15.1 Å². The highest BCUT2D eigenvalue weighted by atomic mass is 32.2. The Morgan fingerprint density at radius 2 is 2.07 bits per heavy atom. The summed E-state index contributed by atoms with van der Waals surface area (Å²) in [6.45, 7) is 0.966. The molecule has 146 valence electrons. The Labute approximate surface area is 169 Å². The van der Waals surface area contributed by atoms with Gasteiger partial charge in [-0.1, -0.05) is 29.5 Å². The third-order valence-electron chi connectivity index (χ3n) is 3.94. The Kier molecular flexibility index (Phi) is 6.96. The molecule has 0 bridgehead atoms. The van der Waals surface area contributed by atoms with E-state index in [1.54, 1.807) is 24.9 Å². The maximum atomic E-state index is 12.4. The predicted molar refractivity (Wildman–Crippen MR) is 111 cm³/mol. The summed E-state index contributed by atoms with van der Waals surface area (Å²) in [5.74, 6) is 0.427. The van der Waals surface area contributed by atoms with E-state index in [1.807, 2.05) is 34.9 Å². The van der Waals surface area contributed by atoms with Crippen LogP contribution in [0.5, 0.6) is 0 Å². The average Bonchev–Trinajstić information content (AvgIpc) is 3.03. The number of thiazole rings is 1. The highest BCUT2D eigenvalue weighted by molar-refractivity contribution is 7.99. The van der Waals surface area contributed by atoms with E-state index >= 15 is 0 Å². The van der Waals surface area contributed by atoms with Gasteiger partial charge < -0.3 is 9.30 Å². The number of nitro benzene ring substituents is 1. The van der Waals surface area contributed by atoms with E-state index in [0.29, 0.717) is 30.1 Å². The third kappa shape index (κ3) is 5.06. The second kappa shape index (κ2) is 9.63. The molecule has 0 aliphatic heterocycles. The van der Waals surface area contributed by atoms with Crippen molar-refractivity contribution in [2.45, 2.75) is 17.9 Å². The zero-order valence-electron chi connectivity index (χ0n) is 15.2. The number of methoxy groups -OCH3 is 1. The number of carbonyl (C=O) groups is 1. The molecule has 2 aromatic carbocycles. The van der Waals surface area contributed by atoms with Crippen LogP contribution in [-0.4, -0.2) is 34.9 Å². The lowest BCUT2D eigenvalue weighted by atomic mass is 10.3. The largest absolute Gasteiger partial charge is 0.383 e. The molecule has 0 atom stereocenters. The minimum Gasteiger partial charge on any atom is -0.383 e. The van der Waals surface area contributed by atoms with Gasteiger partial charge in [-0.05, 0) is 18.2 Å². The molecule has 1 aromatic heterocycles. The van der Waals surface area contributed by atoms with Crippen LogP contribution in [0.15, 0.2) is 58.4 Å². The molecule has 0 saturated carbocycles. The first-order valence-corrected chi connectivity index (χ1v) is 10.4. The molecule has 0 unspecified atom stereocenters. The number of amides is 1. The number of hydrogen-bond donors (Lipinski definition) is 0. The number of fused-ring (bicyclic) bond motifs is 1. The van der Waals surface area contributed by atoms with Gasteiger partial charge in [-0.25, -0.2) is 0 Å². The van der Waals surface area contributed by atoms with Gasteiger partial charge in [0.1, 0.15) is 0 Å². The smallest absolute Gasteiger partial charge is 0.270 e. The van der Waals surface area contributed by atoms with E-state index in [4.69, 9.17) is 4.74 Å². The molecule has 9 heteroatoms. The van der Waals surface area contributed by atoms with E-state index in [9.17, 15) is 14.9 Å². The Balaban J connectivity index is 1.82. The van der Waals surface area contributed by atoms with Crippen LogP contribution in [0.2, 0.25) is 0 Å². The quantitative estimate of drug-likeness (QED) is 0.315. The van der Waals surface area contributed by atoms with Crippen LogP contribution in [0.4, 0.5) is 5.69 Å². The van der Waals surface area contributed by atoms with E-state index in [2.05, 4.69) is 4.99 Å². The van der Waals surface area contributed by atoms with E-state index in [1.165, 1.54) is 23.5 Å². The van der Waals surface area contributed by atoms with Crippen molar-refractivity contribution in [3.05, 3.63) is 63.4 Å². The predicted octanol–water partition coefficient (Wildman–Crippen LogP) is 3.87. The van der Waals surface area contributed by atoms with Gasteiger partial charge in [0, 0.05) is 42.9 Å². The van der Waals surface area contributed by atoms with Crippen molar-refractivity contribution >= 4 is 44.9 Å². The lowest BCUT2D eigenvalue weighted by Crippen LogP contribution is -2.19. The molecule has 0 N–H and O–H groups in total. The topological polar surface area (TPSA) is 86.7 Å². The summed E-state index contributed by atoms with van der Waals surface area (Å²) < 4.78 is 7.73. The van der Waals surface area contributed by atoms with E-state index < -0.39 is 4.92 Å². The number of nitro groups is 1. The van der Waals surface area contributed by atoms with Crippen molar-refractivity contribution < 1.29 is 14.5 Å². The summed E-state index contributed by atoms with van der Waals surface area (Å²) in [5, 5.41) is 11.0. The van der Waals surface area contributed by atoms with Crippen molar-refractivity contribution in [2.24, 2.45) is 4.99 Å². The van der Waals surface area contributed by atoms with Crippen LogP contribution >= 0.6 is 23.1 Å². The second-order valence-electron chi connectivity index (χ2n) is 5.86. The van der Waals surface area contributed by atoms with Crippen LogP contribution in [-0.2, 0) is 16.1 Å². The maximum Gasteiger partial charge on any atom is 0.270 e. The van der Waals surface area contributed by atoms with Crippen LogP contribution in [0.3, 0.4) is 0 Å². The maximum absolute atomic E-state index is 12.4. The van der Waals surface area contributed by atoms with Gasteiger partial charge in [0.25, 0.3) is 5.69 Å². The zero-order chi connectivity index (χ0) is 19.9. The molecule has 0 aliphatic carbocycles. The Morgan fingerprint density at radius 1 is 1.29 bits per heavy atom. The van der Waals surface area contributed by atoms with Gasteiger partial charge >= 0.3 is 0 Å². The zero-order valence-corrected chi connectivity index (χ0v) is 16.9. The molecule has 0 saturated heterocycles. The van der Waals surface area contributed by atoms with Gasteiger partial charge in [0.15, 0.2) is 4.80 Å². The summed E-state index contributed by atoms with van der Waals surface area (Å²) in [7, 11) is 1.60. The van der Waals surface area contributed by atoms with Gasteiger partial charge in [0.2, 0.25) is 5.91 Å². The highest BCUT2D eigenvalue weighted by Crippen LogP contribution is 2.23. The minimum atomic E-state index is -0.429. The van der Waals surface area contributed by atoms with Crippen molar-refractivity contribution in [3.8, 4) is 0 Å². The second-order valence-corrected chi connectivity index (χ2v) is 8.03. The molecular weight excluding hydrogens is 398 g/mol. The Bertz CT molecular complexity index is 1040. The van der Waals surface area contributed by atoms with Crippen LogP contribution in [0.1, 0.15) is 6.42 Å². The number of rotatable bonds is 8. The summed E-state index contributed by atoms with van der Waals surface area (Å²) in [5.41, 5.74) is 0.822. The summed E-state index contributed by atoms with van der Waals surface area (Å²) >= 11 is 2.88. The lowest BCUT2D eigenvalue weighted by molar-refractivity contribution is -0.384. The number of benzene rings is 2. The Morgan fingerprint density at radius 3 is 2.79 bits per heavy atom. The molecular formula is C19H19N3O4S2. The van der Waals surface area contributed by atoms with Crippen LogP contribution < -0.4 is 4.80 Å². The molecule has 1 heterocycles. The van der Waals surface area contributed by atoms with Crippen LogP contribution in [0, 0.1) is 10.1 Å². The third-order valence-corrected chi connectivity index (χ3v) is 6.00. The highest BCUT2D eigenvalue weighted by Gasteiger charge is 2.12. The van der Waals surface area contributed by atoms with Crippen molar-refractivity contribution in [3.63, 3.8) is 0 Å². The van der Waals surface area contributed by atoms with Crippen LogP contribution in [0.25, 0.3) is 10.2 Å². The first kappa shape index (κ1) is 20.2. The molecule has 0 radical (unpaired) electrons. The fourth-order valence-electron chi connectivity index (χ4n) is 2.59. The number of nitrogens with zero attached hydrogens (tertiary/aromatic N) is 3. The number of aromatic nitrogens is 1. The monoisotopic (exact) mass is 417 g/mol. The fourth-order valence-corrected chi connectivity index (χ4v) is 4.56. The molecule has 0 aliphatic rings. The van der Waals surface area contributed by atoms with Gasteiger partial charge in [-0.3, -0.25) is 14.9 Å². The molecule has 28 heavy (non-hydrogen) atoms. The van der Waals surface area contributed by atoms with Gasteiger partial charge in [-0.2, -0.15) is 4.99 Å². The normalized spacial score (nSPS) is 11.8. The number of non-ortho nitro benzene ring substituents is 1. The number of ether oxygens (including phenoxy) is 1. The molecule has 1 amide bonds. The SMILES string of the molecule is COCCn1c(=NC(=O)CCSc2ccccc2)sc2cc([N+](=O)[O-])ccc21.